The van der Waals surface area contributed by atoms with Gasteiger partial charge in [0.2, 0.25) is 0 Å². The number of carbonyl (C=O) groups is 3. The molecule has 2 aliphatic heterocycles. The minimum absolute atomic E-state index is 0.0200. The van der Waals surface area contributed by atoms with Crippen LogP contribution in [0.4, 0.5) is 5.69 Å². The third-order valence-electron chi connectivity index (χ3n) is 5.81. The van der Waals surface area contributed by atoms with Gasteiger partial charge in [-0.3, -0.25) is 19.1 Å². The van der Waals surface area contributed by atoms with Gasteiger partial charge >= 0.3 is 0 Å². The van der Waals surface area contributed by atoms with Gasteiger partial charge in [0, 0.05) is 23.0 Å². The second kappa shape index (κ2) is 8.01. The Morgan fingerprint density at radius 3 is 2.70 bits per heavy atom. The fourth-order valence-electron chi connectivity index (χ4n) is 4.27. The van der Waals surface area contributed by atoms with Crippen molar-refractivity contribution in [3.05, 3.63) is 82.7 Å². The molecule has 5 rings (SSSR count). The lowest BCUT2D eigenvalue weighted by atomic mass is 9.89. The number of nitrogens with zero attached hydrogens (tertiary/aromatic N) is 3. The standard InChI is InChI=1S/C24H22N6O3/c1-13(2)19-18(11-30-21(19)24(33)25-12-26-30)22(31)27-15-9-7-14(8-10-15)20-16-5-3-4-6-17(16)23(32)29-28-20/h3-11,13,17,26H,12H2,1-2H3,(H,25,33)(H,27,31). The first kappa shape index (κ1) is 20.6. The summed E-state index contributed by atoms with van der Waals surface area (Å²) in [5.74, 6) is -1.22. The van der Waals surface area contributed by atoms with E-state index < -0.39 is 5.92 Å². The lowest BCUT2D eigenvalue weighted by Crippen LogP contribution is -2.41. The van der Waals surface area contributed by atoms with Gasteiger partial charge in [-0.1, -0.05) is 50.3 Å². The summed E-state index contributed by atoms with van der Waals surface area (Å²) in [6.07, 6.45) is 9.03. The number of nitrogens with one attached hydrogen (secondary N) is 3. The predicted octanol–water partition coefficient (Wildman–Crippen LogP) is 3.55. The maximum atomic E-state index is 13.1. The maximum absolute atomic E-state index is 13.1. The summed E-state index contributed by atoms with van der Waals surface area (Å²) in [6.45, 7) is 4.20. The number of amides is 3. The summed E-state index contributed by atoms with van der Waals surface area (Å²) < 4.78 is 1.61. The van der Waals surface area contributed by atoms with Crippen LogP contribution >= 0.6 is 0 Å². The van der Waals surface area contributed by atoms with E-state index >= 15 is 0 Å². The van der Waals surface area contributed by atoms with Gasteiger partial charge in [0.15, 0.2) is 0 Å². The van der Waals surface area contributed by atoms with Crippen molar-refractivity contribution in [2.45, 2.75) is 19.8 Å². The van der Waals surface area contributed by atoms with Crippen LogP contribution < -0.4 is 16.1 Å². The lowest BCUT2D eigenvalue weighted by Gasteiger charge is -2.20. The van der Waals surface area contributed by atoms with Crippen molar-refractivity contribution in [2.24, 2.45) is 16.1 Å². The number of carbonyl (C=O) groups excluding carboxylic acids is 3. The smallest absolute Gasteiger partial charge is 0.276 e. The van der Waals surface area contributed by atoms with E-state index in [1.165, 1.54) is 0 Å². The maximum Gasteiger partial charge on any atom is 0.276 e. The van der Waals surface area contributed by atoms with E-state index in [9.17, 15) is 14.4 Å². The highest BCUT2D eigenvalue weighted by Gasteiger charge is 2.30. The van der Waals surface area contributed by atoms with Crippen molar-refractivity contribution in [2.75, 3.05) is 17.4 Å². The molecule has 9 heteroatoms. The molecule has 1 unspecified atom stereocenters. The summed E-state index contributed by atoms with van der Waals surface area (Å²) in [5.41, 5.74) is 7.47. The quantitative estimate of drug-likeness (QED) is 0.671. The molecule has 0 saturated carbocycles. The van der Waals surface area contributed by atoms with E-state index in [2.05, 4.69) is 26.3 Å². The summed E-state index contributed by atoms with van der Waals surface area (Å²) in [5, 5.41) is 13.5. The third kappa shape index (κ3) is 3.57. The Morgan fingerprint density at radius 1 is 1.15 bits per heavy atom. The summed E-state index contributed by atoms with van der Waals surface area (Å²) in [6, 6.07) is 7.22. The highest BCUT2D eigenvalue weighted by atomic mass is 16.2. The van der Waals surface area contributed by atoms with E-state index in [1.807, 2.05) is 50.3 Å². The number of hydrogen-bond acceptors (Lipinski definition) is 5. The van der Waals surface area contributed by atoms with Crippen LogP contribution in [-0.4, -0.2) is 29.1 Å². The number of fused-ring (bicyclic) bond motifs is 2. The molecule has 1 aliphatic carbocycles. The topological polar surface area (TPSA) is 117 Å². The number of aromatic nitrogens is 1. The van der Waals surface area contributed by atoms with Gasteiger partial charge in [0.1, 0.15) is 12.4 Å². The number of hydrogen-bond donors (Lipinski definition) is 3. The molecule has 0 saturated heterocycles. The molecular formula is C24H22N6O3. The van der Waals surface area contributed by atoms with Crippen molar-refractivity contribution in [3.63, 3.8) is 0 Å². The second-order valence-electron chi connectivity index (χ2n) is 8.27. The first-order valence-electron chi connectivity index (χ1n) is 10.7. The molecule has 3 N–H and O–H groups in total. The molecule has 3 aliphatic rings. The number of azo groups is 1. The average Bonchev–Trinajstić information content (AvgIpc) is 3.22. The van der Waals surface area contributed by atoms with Crippen LogP contribution in [-0.2, 0) is 4.79 Å². The Bertz CT molecular complexity index is 1290. The van der Waals surface area contributed by atoms with E-state index in [0.717, 1.165) is 11.1 Å². The van der Waals surface area contributed by atoms with Crippen LogP contribution in [0.1, 0.15) is 51.7 Å². The van der Waals surface area contributed by atoms with Gasteiger partial charge < -0.3 is 16.1 Å². The van der Waals surface area contributed by atoms with E-state index in [0.29, 0.717) is 34.9 Å². The van der Waals surface area contributed by atoms with Crippen LogP contribution in [0.2, 0.25) is 0 Å². The first-order chi connectivity index (χ1) is 15.9. The zero-order chi connectivity index (χ0) is 23.1. The third-order valence-corrected chi connectivity index (χ3v) is 5.81. The Hall–Kier alpha value is -4.27. The first-order valence-corrected chi connectivity index (χ1v) is 10.7. The Balaban J connectivity index is 1.41. The van der Waals surface area contributed by atoms with Gasteiger partial charge in [-0.05, 0) is 23.6 Å². The molecule has 1 atom stereocenters. The van der Waals surface area contributed by atoms with Crippen LogP contribution in [0.3, 0.4) is 0 Å². The SMILES string of the molecule is CC(C)c1c(C(=O)Nc2ccc(C3=C4C=CC=CC4C(=O)N=N3)cc2)cn2c1C(=O)NCN2. The second-order valence-corrected chi connectivity index (χ2v) is 8.27. The largest absolute Gasteiger partial charge is 0.332 e. The number of rotatable bonds is 4. The molecular weight excluding hydrogens is 420 g/mol. The summed E-state index contributed by atoms with van der Waals surface area (Å²) >= 11 is 0. The van der Waals surface area contributed by atoms with Gasteiger partial charge in [-0.15, -0.1) is 10.2 Å². The minimum atomic E-state index is -0.414. The molecule has 3 heterocycles. The molecule has 1 aromatic carbocycles. The molecule has 2 aromatic rings. The predicted molar refractivity (Wildman–Crippen MR) is 123 cm³/mol. The van der Waals surface area contributed by atoms with Crippen molar-refractivity contribution in [1.82, 2.24) is 9.99 Å². The zero-order valence-corrected chi connectivity index (χ0v) is 18.1. The van der Waals surface area contributed by atoms with Crippen molar-refractivity contribution in [3.8, 4) is 0 Å². The van der Waals surface area contributed by atoms with E-state index in [4.69, 9.17) is 0 Å². The van der Waals surface area contributed by atoms with Crippen molar-refractivity contribution in [1.29, 1.82) is 0 Å². The number of anilines is 1. The average molecular weight is 442 g/mol. The highest BCUT2D eigenvalue weighted by molar-refractivity contribution is 6.08. The summed E-state index contributed by atoms with van der Waals surface area (Å²) in [7, 11) is 0. The fourth-order valence-corrected chi connectivity index (χ4v) is 4.27. The molecule has 33 heavy (non-hydrogen) atoms. The molecule has 0 fully saturated rings. The Morgan fingerprint density at radius 2 is 1.94 bits per heavy atom. The van der Waals surface area contributed by atoms with Crippen molar-refractivity contribution < 1.29 is 14.4 Å². The van der Waals surface area contributed by atoms with Gasteiger partial charge in [-0.25, -0.2) is 0 Å². The molecule has 3 amide bonds. The number of allylic oxidation sites excluding steroid dienone is 3. The van der Waals surface area contributed by atoms with Gasteiger partial charge in [0.05, 0.1) is 17.2 Å². The van der Waals surface area contributed by atoms with Crippen LogP contribution in [0, 0.1) is 5.92 Å². The van der Waals surface area contributed by atoms with Gasteiger partial charge in [0.25, 0.3) is 17.7 Å². The fraction of sp³-hybridized carbons (Fsp3) is 0.208. The van der Waals surface area contributed by atoms with Crippen LogP contribution in [0.5, 0.6) is 0 Å². The Labute approximate surface area is 189 Å². The molecule has 166 valence electrons. The van der Waals surface area contributed by atoms with E-state index in [1.54, 1.807) is 23.0 Å². The Kier molecular flexibility index (Phi) is 5.01. The molecule has 9 nitrogen and oxygen atoms in total. The molecule has 0 spiro atoms. The minimum Gasteiger partial charge on any atom is -0.332 e. The normalized spacial score (nSPS) is 18.7. The van der Waals surface area contributed by atoms with Gasteiger partial charge in [-0.2, -0.15) is 0 Å². The zero-order valence-electron chi connectivity index (χ0n) is 18.1. The molecule has 0 radical (unpaired) electrons. The van der Waals surface area contributed by atoms with E-state index in [-0.39, 0.29) is 23.6 Å². The summed E-state index contributed by atoms with van der Waals surface area (Å²) in [4.78, 5) is 37.5. The highest BCUT2D eigenvalue weighted by Crippen LogP contribution is 2.34. The number of benzene rings is 1. The van der Waals surface area contributed by atoms with Crippen molar-refractivity contribution >= 4 is 29.1 Å². The van der Waals surface area contributed by atoms with Crippen LogP contribution in [0.25, 0.3) is 5.70 Å². The molecule has 0 bridgehead atoms. The monoisotopic (exact) mass is 442 g/mol. The lowest BCUT2D eigenvalue weighted by molar-refractivity contribution is -0.119. The molecule has 1 aromatic heterocycles. The van der Waals surface area contributed by atoms with Crippen LogP contribution in [0.15, 0.2) is 70.6 Å².